The molecule has 5 N–H and O–H groups in total. The van der Waals surface area contributed by atoms with Gasteiger partial charge < -0.3 is 25.5 Å². The Morgan fingerprint density at radius 3 is 2.83 bits per heavy atom. The molecule has 1 aromatic carbocycles. The number of para-hydroxylation sites is 2. The van der Waals surface area contributed by atoms with Gasteiger partial charge in [-0.1, -0.05) is 12.1 Å². The number of imidazole rings is 2. The minimum atomic E-state index is -1.19. The summed E-state index contributed by atoms with van der Waals surface area (Å²) in [5.41, 5.74) is 1.50. The zero-order chi connectivity index (χ0) is 17.1. The van der Waals surface area contributed by atoms with Crippen molar-refractivity contribution in [2.45, 2.75) is 19.4 Å². The maximum Gasteiger partial charge on any atom is 0.329 e. The van der Waals surface area contributed by atoms with Crippen LogP contribution >= 0.6 is 0 Å². The molecule has 126 valence electrons. The van der Waals surface area contributed by atoms with Gasteiger partial charge in [-0.25, -0.2) is 9.78 Å². The van der Waals surface area contributed by atoms with Crippen LogP contribution in [-0.2, 0) is 17.8 Å². The SMILES string of the molecule is O=C(O)Cn1c(O)c(CCCNc2nc3ccccc3[nH]2)[nH]c1=O. The van der Waals surface area contributed by atoms with E-state index in [2.05, 4.69) is 20.3 Å². The van der Waals surface area contributed by atoms with E-state index in [1.807, 2.05) is 24.3 Å². The molecule has 3 rings (SSSR count). The van der Waals surface area contributed by atoms with Crippen LogP contribution in [0.5, 0.6) is 5.88 Å². The number of aromatic amines is 2. The number of hydrogen-bond acceptors (Lipinski definition) is 5. The zero-order valence-corrected chi connectivity index (χ0v) is 12.7. The Labute approximate surface area is 136 Å². The Morgan fingerprint density at radius 2 is 2.08 bits per heavy atom. The van der Waals surface area contributed by atoms with Crippen LogP contribution in [0.3, 0.4) is 0 Å². The van der Waals surface area contributed by atoms with Crippen LogP contribution in [0.25, 0.3) is 11.0 Å². The molecular weight excluding hydrogens is 314 g/mol. The van der Waals surface area contributed by atoms with Gasteiger partial charge in [0.2, 0.25) is 11.8 Å². The molecule has 0 atom stereocenters. The van der Waals surface area contributed by atoms with Crippen molar-refractivity contribution in [3.05, 3.63) is 40.4 Å². The highest BCUT2D eigenvalue weighted by Gasteiger charge is 2.14. The molecule has 0 aliphatic carbocycles. The molecule has 0 aliphatic rings. The van der Waals surface area contributed by atoms with Crippen molar-refractivity contribution in [3.63, 3.8) is 0 Å². The fourth-order valence-corrected chi connectivity index (χ4v) is 2.48. The summed E-state index contributed by atoms with van der Waals surface area (Å²) in [6.07, 6.45) is 1.03. The molecule has 0 saturated heterocycles. The molecule has 24 heavy (non-hydrogen) atoms. The van der Waals surface area contributed by atoms with Crippen LogP contribution in [0.2, 0.25) is 0 Å². The Morgan fingerprint density at radius 1 is 1.29 bits per heavy atom. The molecule has 0 aliphatic heterocycles. The molecule has 0 amide bonds. The lowest BCUT2D eigenvalue weighted by molar-refractivity contribution is -0.137. The highest BCUT2D eigenvalue weighted by atomic mass is 16.4. The third-order valence-electron chi connectivity index (χ3n) is 3.61. The van der Waals surface area contributed by atoms with E-state index in [4.69, 9.17) is 5.11 Å². The number of benzene rings is 1. The first-order chi connectivity index (χ1) is 11.5. The Bertz CT molecular complexity index is 890. The van der Waals surface area contributed by atoms with E-state index in [-0.39, 0.29) is 5.88 Å². The van der Waals surface area contributed by atoms with Gasteiger partial charge in [0.1, 0.15) is 6.54 Å². The number of hydrogen-bond donors (Lipinski definition) is 5. The Hall–Kier alpha value is -3.23. The summed E-state index contributed by atoms with van der Waals surface area (Å²) in [5, 5.41) is 21.8. The molecular formula is C15H17N5O4. The molecule has 0 bridgehead atoms. The van der Waals surface area contributed by atoms with Gasteiger partial charge in [-0.05, 0) is 25.0 Å². The lowest BCUT2D eigenvalue weighted by Crippen LogP contribution is -2.21. The van der Waals surface area contributed by atoms with Crippen molar-refractivity contribution in [1.82, 2.24) is 19.5 Å². The lowest BCUT2D eigenvalue weighted by atomic mass is 10.2. The fourth-order valence-electron chi connectivity index (χ4n) is 2.48. The zero-order valence-electron chi connectivity index (χ0n) is 12.7. The van der Waals surface area contributed by atoms with Crippen molar-refractivity contribution in [2.24, 2.45) is 0 Å². The molecule has 0 fully saturated rings. The van der Waals surface area contributed by atoms with Crippen LogP contribution in [0.15, 0.2) is 29.1 Å². The van der Waals surface area contributed by atoms with E-state index in [1.54, 1.807) is 0 Å². The Kier molecular flexibility index (Phi) is 4.23. The highest BCUT2D eigenvalue weighted by Crippen LogP contribution is 2.15. The number of anilines is 1. The molecule has 0 unspecified atom stereocenters. The number of carboxylic acids is 1. The number of aromatic nitrogens is 4. The number of H-pyrrole nitrogens is 2. The first-order valence-corrected chi connectivity index (χ1v) is 7.45. The first-order valence-electron chi connectivity index (χ1n) is 7.45. The predicted molar refractivity (Wildman–Crippen MR) is 87.3 cm³/mol. The summed E-state index contributed by atoms with van der Waals surface area (Å²) >= 11 is 0. The molecule has 2 heterocycles. The van der Waals surface area contributed by atoms with Crippen LogP contribution in [0.4, 0.5) is 5.95 Å². The summed E-state index contributed by atoms with van der Waals surface area (Å²) in [4.78, 5) is 32.3. The van der Waals surface area contributed by atoms with Crippen molar-refractivity contribution in [3.8, 4) is 5.88 Å². The number of aliphatic carboxylic acids is 1. The van der Waals surface area contributed by atoms with E-state index < -0.39 is 18.2 Å². The maximum absolute atomic E-state index is 11.6. The summed E-state index contributed by atoms with van der Waals surface area (Å²) in [7, 11) is 0. The molecule has 9 nitrogen and oxygen atoms in total. The third-order valence-corrected chi connectivity index (χ3v) is 3.61. The van der Waals surface area contributed by atoms with Crippen molar-refractivity contribution in [1.29, 1.82) is 0 Å². The number of fused-ring (bicyclic) bond motifs is 1. The summed E-state index contributed by atoms with van der Waals surface area (Å²) in [6, 6.07) is 7.67. The minimum absolute atomic E-state index is 0.327. The molecule has 2 aromatic heterocycles. The molecule has 0 saturated carbocycles. The predicted octanol–water partition coefficient (Wildman–Crippen LogP) is 0.888. The van der Waals surface area contributed by atoms with Gasteiger partial charge in [-0.15, -0.1) is 0 Å². The van der Waals surface area contributed by atoms with Gasteiger partial charge >= 0.3 is 11.7 Å². The van der Waals surface area contributed by atoms with Crippen LogP contribution in [0, 0.1) is 0 Å². The number of aryl methyl sites for hydroxylation is 1. The van der Waals surface area contributed by atoms with Crippen molar-refractivity contribution in [2.75, 3.05) is 11.9 Å². The molecule has 0 spiro atoms. The van der Waals surface area contributed by atoms with E-state index in [0.717, 1.165) is 15.6 Å². The maximum atomic E-state index is 11.6. The number of carbonyl (C=O) groups is 1. The van der Waals surface area contributed by atoms with Crippen LogP contribution < -0.4 is 11.0 Å². The van der Waals surface area contributed by atoms with E-state index in [0.29, 0.717) is 31.0 Å². The average molecular weight is 331 g/mol. The van der Waals surface area contributed by atoms with Crippen molar-refractivity contribution < 1.29 is 15.0 Å². The van der Waals surface area contributed by atoms with Crippen molar-refractivity contribution >= 4 is 23.0 Å². The quantitative estimate of drug-likeness (QED) is 0.408. The van der Waals surface area contributed by atoms with E-state index >= 15 is 0 Å². The number of carboxylic acid groups (broad SMARTS) is 1. The minimum Gasteiger partial charge on any atom is -0.493 e. The third kappa shape index (κ3) is 3.24. The number of nitrogens with zero attached hydrogens (tertiary/aromatic N) is 2. The van der Waals surface area contributed by atoms with E-state index in [1.165, 1.54) is 0 Å². The summed E-state index contributed by atoms with van der Waals surface area (Å²) in [5.74, 6) is -0.868. The monoisotopic (exact) mass is 331 g/mol. The first kappa shape index (κ1) is 15.7. The Balaban J connectivity index is 1.56. The van der Waals surface area contributed by atoms with Gasteiger partial charge in [-0.2, -0.15) is 0 Å². The van der Waals surface area contributed by atoms with Gasteiger partial charge in [0.15, 0.2) is 0 Å². The van der Waals surface area contributed by atoms with Crippen LogP contribution in [-0.4, -0.2) is 42.2 Å². The number of rotatable bonds is 7. The second-order valence-electron chi connectivity index (χ2n) is 5.35. The summed E-state index contributed by atoms with van der Waals surface area (Å²) < 4.78 is 0.796. The number of nitrogens with one attached hydrogen (secondary N) is 3. The second kappa shape index (κ2) is 6.49. The molecule has 3 aromatic rings. The molecule has 9 heteroatoms. The topological polar surface area (TPSA) is 136 Å². The average Bonchev–Trinajstić information content (AvgIpc) is 3.07. The van der Waals surface area contributed by atoms with Gasteiger partial charge in [-0.3, -0.25) is 9.36 Å². The largest absolute Gasteiger partial charge is 0.493 e. The fraction of sp³-hybridized carbons (Fsp3) is 0.267. The normalized spacial score (nSPS) is 11.0. The van der Waals surface area contributed by atoms with Gasteiger partial charge in [0, 0.05) is 6.54 Å². The second-order valence-corrected chi connectivity index (χ2v) is 5.35. The standard InChI is InChI=1S/C15H17N5O4/c21-12(22)8-20-13(23)11(19-15(20)24)6-3-7-16-14-17-9-4-1-2-5-10(9)18-14/h1-2,4-5,23H,3,6-8H2,(H,19,24)(H,21,22)(H2,16,17,18). The van der Waals surface area contributed by atoms with Gasteiger partial charge in [0.25, 0.3) is 0 Å². The van der Waals surface area contributed by atoms with Crippen LogP contribution in [0.1, 0.15) is 12.1 Å². The summed E-state index contributed by atoms with van der Waals surface area (Å²) in [6.45, 7) is 0.00377. The van der Waals surface area contributed by atoms with Gasteiger partial charge in [0.05, 0.1) is 16.7 Å². The number of aromatic hydroxyl groups is 1. The highest BCUT2D eigenvalue weighted by molar-refractivity contribution is 5.77. The smallest absolute Gasteiger partial charge is 0.329 e. The molecule has 0 radical (unpaired) electrons. The lowest BCUT2D eigenvalue weighted by Gasteiger charge is -2.03. The van der Waals surface area contributed by atoms with E-state index in [9.17, 15) is 14.7 Å².